The molecular formula is C28H39N7O3. The molecule has 0 unspecified atom stereocenters. The first kappa shape index (κ1) is 27.4. The molecule has 2 aliphatic rings. The number of aryl methyl sites for hydroxylation is 1. The van der Waals surface area contributed by atoms with Crippen LogP contribution >= 0.6 is 0 Å². The third kappa shape index (κ3) is 5.45. The molecule has 1 aromatic heterocycles. The molecule has 0 aliphatic carbocycles. The molecule has 1 fully saturated rings. The van der Waals surface area contributed by atoms with Crippen molar-refractivity contribution in [3.05, 3.63) is 59.8 Å². The summed E-state index contributed by atoms with van der Waals surface area (Å²) in [6.45, 7) is 9.60. The number of carbonyl (C=O) groups excluding carboxylic acids is 3. The summed E-state index contributed by atoms with van der Waals surface area (Å²) in [5.41, 5.74) is 2.17. The molecule has 2 N–H and O–H groups in total. The van der Waals surface area contributed by atoms with Gasteiger partial charge in [-0.25, -0.2) is 4.79 Å². The summed E-state index contributed by atoms with van der Waals surface area (Å²) in [6.07, 6.45) is 2.49. The number of carbonyl (C=O) groups is 3. The van der Waals surface area contributed by atoms with Crippen molar-refractivity contribution >= 4 is 23.7 Å². The van der Waals surface area contributed by atoms with Crippen LogP contribution in [0.2, 0.25) is 0 Å². The summed E-state index contributed by atoms with van der Waals surface area (Å²) >= 11 is 0. The van der Waals surface area contributed by atoms with Crippen molar-refractivity contribution in [2.75, 3.05) is 39.0 Å². The Hall–Kier alpha value is -3.66. The highest BCUT2D eigenvalue weighted by molar-refractivity contribution is 5.93. The van der Waals surface area contributed by atoms with Gasteiger partial charge in [-0.3, -0.25) is 14.3 Å². The van der Waals surface area contributed by atoms with Crippen LogP contribution in [-0.4, -0.2) is 76.1 Å². The van der Waals surface area contributed by atoms with Crippen LogP contribution in [0.25, 0.3) is 0 Å². The number of hydrogen-bond acceptors (Lipinski definition) is 5. The lowest BCUT2D eigenvalue weighted by Gasteiger charge is -2.34. The monoisotopic (exact) mass is 521 g/mol. The molecule has 2 aromatic rings. The quantitative estimate of drug-likeness (QED) is 0.546. The molecule has 204 valence electrons. The number of anilines is 1. The van der Waals surface area contributed by atoms with Crippen LogP contribution < -0.4 is 10.6 Å². The predicted molar refractivity (Wildman–Crippen MR) is 146 cm³/mol. The molecule has 4 amide bonds. The molecular weight excluding hydrogens is 482 g/mol. The Kier molecular flexibility index (Phi) is 7.91. The number of likely N-dealkylation sites (tertiary alicyclic amines) is 1. The first-order valence-corrected chi connectivity index (χ1v) is 13.1. The fraction of sp³-hybridized carbons (Fsp3) is 0.500. The summed E-state index contributed by atoms with van der Waals surface area (Å²) in [7, 11) is 5.81. The van der Waals surface area contributed by atoms with Crippen molar-refractivity contribution in [3.8, 4) is 0 Å². The van der Waals surface area contributed by atoms with E-state index in [-0.39, 0.29) is 29.8 Å². The van der Waals surface area contributed by atoms with Gasteiger partial charge < -0.3 is 25.3 Å². The minimum absolute atomic E-state index is 0.104. The van der Waals surface area contributed by atoms with E-state index in [1.165, 1.54) is 6.08 Å². The topological polar surface area (TPSA) is 103 Å². The lowest BCUT2D eigenvalue weighted by Crippen LogP contribution is -2.49. The Labute approximate surface area is 224 Å². The zero-order valence-electron chi connectivity index (χ0n) is 23.0. The number of aromatic nitrogens is 2. The number of rotatable bonds is 7. The number of urea groups is 1. The Morgan fingerprint density at radius 1 is 1.18 bits per heavy atom. The minimum atomic E-state index is -0.625. The van der Waals surface area contributed by atoms with Crippen molar-refractivity contribution < 1.29 is 14.4 Å². The Bertz CT molecular complexity index is 1200. The Morgan fingerprint density at radius 3 is 2.45 bits per heavy atom. The standard InChI is InChI=1S/C28H39N7O3/c1-7-23(36)34-15-13-20(14-16-34)26(37)30-25-21-17-35(28(2,3)24(21)33(6)31-25)27(38)29-22(18-32(4)5)19-11-9-8-10-12-19/h7-12,20,22H,1,13-18H2,2-6H3,(H,29,38)(H,30,31,37)/t22-/m1/s1. The number of fused-ring (bicyclic) bond motifs is 1. The molecule has 3 heterocycles. The highest BCUT2D eigenvalue weighted by atomic mass is 16.2. The number of nitrogens with zero attached hydrogens (tertiary/aromatic N) is 5. The van der Waals surface area contributed by atoms with Gasteiger partial charge in [0.15, 0.2) is 5.82 Å². The number of amides is 4. The van der Waals surface area contributed by atoms with E-state index in [2.05, 4.69) is 27.2 Å². The molecule has 4 rings (SSSR count). The SMILES string of the molecule is C=CC(=O)N1CCC(C(=O)Nc2nn(C)c3c2CN(C(=O)N[C@H](CN(C)C)c2ccccc2)C3(C)C)CC1. The molecule has 1 atom stereocenters. The van der Waals surface area contributed by atoms with Gasteiger partial charge in [0.2, 0.25) is 11.8 Å². The largest absolute Gasteiger partial charge is 0.339 e. The molecule has 0 spiro atoms. The van der Waals surface area contributed by atoms with Crippen LogP contribution in [0, 0.1) is 5.92 Å². The van der Waals surface area contributed by atoms with Crippen molar-refractivity contribution in [2.24, 2.45) is 13.0 Å². The van der Waals surface area contributed by atoms with E-state index in [0.29, 0.717) is 44.8 Å². The third-order valence-corrected chi connectivity index (χ3v) is 7.60. The van der Waals surface area contributed by atoms with Gasteiger partial charge in [0.25, 0.3) is 0 Å². The van der Waals surface area contributed by atoms with Gasteiger partial charge >= 0.3 is 6.03 Å². The number of piperidine rings is 1. The van der Waals surface area contributed by atoms with Gasteiger partial charge in [0.1, 0.15) is 0 Å². The Balaban J connectivity index is 1.48. The van der Waals surface area contributed by atoms with E-state index in [1.54, 1.807) is 14.5 Å². The maximum absolute atomic E-state index is 13.6. The summed E-state index contributed by atoms with van der Waals surface area (Å²) < 4.78 is 1.76. The van der Waals surface area contributed by atoms with Crippen LogP contribution in [0.15, 0.2) is 43.0 Å². The lowest BCUT2D eigenvalue weighted by molar-refractivity contribution is -0.130. The second-order valence-corrected chi connectivity index (χ2v) is 10.9. The summed E-state index contributed by atoms with van der Waals surface area (Å²) in [5, 5.41) is 10.8. The number of benzene rings is 1. The van der Waals surface area contributed by atoms with Crippen molar-refractivity contribution in [2.45, 2.75) is 44.8 Å². The average Bonchev–Trinajstić information content (AvgIpc) is 3.36. The van der Waals surface area contributed by atoms with Crippen molar-refractivity contribution in [3.63, 3.8) is 0 Å². The van der Waals surface area contributed by atoms with Gasteiger partial charge in [0.05, 0.1) is 23.8 Å². The second-order valence-electron chi connectivity index (χ2n) is 10.9. The molecule has 10 heteroatoms. The molecule has 10 nitrogen and oxygen atoms in total. The number of likely N-dealkylation sites (N-methyl/N-ethyl adjacent to an activating group) is 1. The van der Waals surface area contributed by atoms with Gasteiger partial charge in [0, 0.05) is 38.2 Å². The third-order valence-electron chi connectivity index (χ3n) is 7.60. The molecule has 2 aliphatic heterocycles. The molecule has 0 saturated carbocycles. The highest BCUT2D eigenvalue weighted by Crippen LogP contribution is 2.42. The summed E-state index contributed by atoms with van der Waals surface area (Å²) in [4.78, 5) is 44.2. The minimum Gasteiger partial charge on any atom is -0.339 e. The maximum Gasteiger partial charge on any atom is 0.319 e. The highest BCUT2D eigenvalue weighted by Gasteiger charge is 2.45. The van der Waals surface area contributed by atoms with Gasteiger partial charge in [-0.15, -0.1) is 0 Å². The molecule has 0 radical (unpaired) electrons. The summed E-state index contributed by atoms with van der Waals surface area (Å²) in [5.74, 6) is 0.0842. The van der Waals surface area contributed by atoms with Gasteiger partial charge in [-0.2, -0.15) is 5.10 Å². The number of nitrogens with one attached hydrogen (secondary N) is 2. The lowest BCUT2D eigenvalue weighted by atomic mass is 9.95. The van der Waals surface area contributed by atoms with E-state index in [9.17, 15) is 14.4 Å². The van der Waals surface area contributed by atoms with Crippen LogP contribution in [-0.2, 0) is 28.7 Å². The fourth-order valence-electron chi connectivity index (χ4n) is 5.61. The van der Waals surface area contributed by atoms with E-state index >= 15 is 0 Å². The second kappa shape index (κ2) is 11.0. The molecule has 1 saturated heterocycles. The Morgan fingerprint density at radius 2 is 1.84 bits per heavy atom. The maximum atomic E-state index is 13.6. The number of hydrogen-bond donors (Lipinski definition) is 2. The summed E-state index contributed by atoms with van der Waals surface area (Å²) in [6, 6.07) is 9.61. The van der Waals surface area contributed by atoms with Crippen molar-refractivity contribution in [1.82, 2.24) is 29.8 Å². The van der Waals surface area contributed by atoms with E-state index in [1.807, 2.05) is 65.3 Å². The van der Waals surface area contributed by atoms with Gasteiger partial charge in [-0.05, 0) is 52.4 Å². The van der Waals surface area contributed by atoms with E-state index in [0.717, 1.165) is 16.8 Å². The fourth-order valence-corrected chi connectivity index (χ4v) is 5.61. The van der Waals surface area contributed by atoms with Crippen LogP contribution in [0.3, 0.4) is 0 Å². The normalized spacial score (nSPS) is 17.7. The van der Waals surface area contributed by atoms with E-state index < -0.39 is 5.54 Å². The van der Waals surface area contributed by atoms with Crippen molar-refractivity contribution in [1.29, 1.82) is 0 Å². The average molecular weight is 522 g/mol. The van der Waals surface area contributed by atoms with Crippen LogP contribution in [0.4, 0.5) is 10.6 Å². The zero-order valence-corrected chi connectivity index (χ0v) is 23.0. The first-order chi connectivity index (χ1) is 18.0. The van der Waals surface area contributed by atoms with Gasteiger partial charge in [-0.1, -0.05) is 36.9 Å². The molecule has 38 heavy (non-hydrogen) atoms. The van der Waals surface area contributed by atoms with E-state index in [4.69, 9.17) is 0 Å². The predicted octanol–water partition coefficient (Wildman–Crippen LogP) is 2.85. The smallest absolute Gasteiger partial charge is 0.319 e. The van der Waals surface area contributed by atoms with Crippen LogP contribution in [0.1, 0.15) is 49.6 Å². The van der Waals surface area contributed by atoms with Crippen LogP contribution in [0.5, 0.6) is 0 Å². The zero-order chi connectivity index (χ0) is 27.6. The first-order valence-electron chi connectivity index (χ1n) is 13.1. The molecule has 0 bridgehead atoms. The molecule has 1 aromatic carbocycles.